The Morgan fingerprint density at radius 2 is 1.95 bits per heavy atom. The lowest BCUT2D eigenvalue weighted by Crippen LogP contribution is -2.11. The molecular weight excluding hydrogens is 243 g/mol. The van der Waals surface area contributed by atoms with Gasteiger partial charge in [-0.25, -0.2) is 4.39 Å². The highest BCUT2D eigenvalue weighted by molar-refractivity contribution is 5.27. The van der Waals surface area contributed by atoms with Gasteiger partial charge in [0.1, 0.15) is 18.2 Å². The summed E-state index contributed by atoms with van der Waals surface area (Å²) in [6.07, 6.45) is 2.78. The summed E-state index contributed by atoms with van der Waals surface area (Å²) in [7, 11) is 0. The monoisotopic (exact) mass is 260 g/mol. The average Bonchev–Trinajstić information content (AvgIpc) is 2.44. The Kier molecular flexibility index (Phi) is 4.86. The molecule has 1 aromatic carbocycles. The third-order valence-electron chi connectivity index (χ3n) is 2.67. The predicted octanol–water partition coefficient (Wildman–Crippen LogP) is 2.91. The highest BCUT2D eigenvalue weighted by atomic mass is 19.1. The lowest BCUT2D eigenvalue weighted by atomic mass is 10.2. The maximum absolute atomic E-state index is 12.9. The topological polar surface area (TPSA) is 34.1 Å². The molecule has 19 heavy (non-hydrogen) atoms. The Morgan fingerprint density at radius 3 is 2.63 bits per heavy atom. The molecule has 1 heterocycles. The molecule has 0 amide bonds. The van der Waals surface area contributed by atoms with Crippen molar-refractivity contribution in [2.24, 2.45) is 0 Å². The average molecular weight is 260 g/mol. The zero-order valence-corrected chi connectivity index (χ0v) is 10.9. The molecule has 0 aliphatic rings. The summed E-state index contributed by atoms with van der Waals surface area (Å²) in [4.78, 5) is 3.78. The van der Waals surface area contributed by atoms with Gasteiger partial charge in [-0.15, -0.1) is 0 Å². The van der Waals surface area contributed by atoms with E-state index < -0.39 is 0 Å². The van der Waals surface area contributed by atoms with E-state index in [2.05, 4.69) is 17.2 Å². The molecule has 0 spiro atoms. The smallest absolute Gasteiger partial charge is 0.141 e. The van der Waals surface area contributed by atoms with Gasteiger partial charge in [0.25, 0.3) is 0 Å². The molecule has 0 bridgehead atoms. The van der Waals surface area contributed by atoms with Gasteiger partial charge in [-0.1, -0.05) is 19.1 Å². The third-order valence-corrected chi connectivity index (χ3v) is 2.67. The first-order valence-electron chi connectivity index (χ1n) is 6.30. The maximum atomic E-state index is 12.9. The second-order valence-corrected chi connectivity index (χ2v) is 4.22. The van der Waals surface area contributed by atoms with Crippen molar-refractivity contribution < 1.29 is 9.13 Å². The molecule has 0 unspecified atom stereocenters. The lowest BCUT2D eigenvalue weighted by Gasteiger charge is -2.07. The molecule has 100 valence electrons. The van der Waals surface area contributed by atoms with Crippen LogP contribution in [-0.4, -0.2) is 11.5 Å². The SMILES string of the molecule is CCNCc1ccc(OCc2cncc(F)c2)cc1. The highest BCUT2D eigenvalue weighted by Crippen LogP contribution is 2.14. The lowest BCUT2D eigenvalue weighted by molar-refractivity contribution is 0.305. The van der Waals surface area contributed by atoms with Gasteiger partial charge in [0, 0.05) is 18.3 Å². The Morgan fingerprint density at radius 1 is 1.16 bits per heavy atom. The Bertz CT molecular complexity index is 514. The van der Waals surface area contributed by atoms with E-state index in [1.54, 1.807) is 6.20 Å². The quantitative estimate of drug-likeness (QED) is 0.867. The van der Waals surface area contributed by atoms with Gasteiger partial charge in [0.15, 0.2) is 0 Å². The van der Waals surface area contributed by atoms with Crippen molar-refractivity contribution in [2.75, 3.05) is 6.54 Å². The molecule has 0 saturated carbocycles. The number of hydrogen-bond donors (Lipinski definition) is 1. The van der Waals surface area contributed by atoms with Crippen LogP contribution in [0.15, 0.2) is 42.7 Å². The molecule has 4 heteroatoms. The normalized spacial score (nSPS) is 10.4. The minimum atomic E-state index is -0.345. The van der Waals surface area contributed by atoms with E-state index in [4.69, 9.17) is 4.74 Å². The van der Waals surface area contributed by atoms with Crippen LogP contribution in [0.2, 0.25) is 0 Å². The van der Waals surface area contributed by atoms with Gasteiger partial charge >= 0.3 is 0 Å². The van der Waals surface area contributed by atoms with E-state index in [-0.39, 0.29) is 5.82 Å². The first-order chi connectivity index (χ1) is 9.28. The molecule has 0 saturated heterocycles. The van der Waals surface area contributed by atoms with Crippen molar-refractivity contribution in [1.82, 2.24) is 10.3 Å². The fourth-order valence-corrected chi connectivity index (χ4v) is 1.67. The maximum Gasteiger partial charge on any atom is 0.141 e. The zero-order chi connectivity index (χ0) is 13.5. The van der Waals surface area contributed by atoms with Gasteiger partial charge in [0.05, 0.1) is 6.20 Å². The Balaban J connectivity index is 1.89. The van der Waals surface area contributed by atoms with Gasteiger partial charge in [-0.05, 0) is 30.3 Å². The summed E-state index contributed by atoms with van der Waals surface area (Å²) in [5, 5.41) is 3.26. The van der Waals surface area contributed by atoms with Crippen LogP contribution in [0.1, 0.15) is 18.1 Å². The number of hydrogen-bond acceptors (Lipinski definition) is 3. The minimum Gasteiger partial charge on any atom is -0.489 e. The summed E-state index contributed by atoms with van der Waals surface area (Å²) in [6.45, 7) is 4.19. The molecule has 0 radical (unpaired) electrons. The molecular formula is C15H17FN2O. The minimum absolute atomic E-state index is 0.317. The molecule has 3 nitrogen and oxygen atoms in total. The number of halogens is 1. The van der Waals surface area contributed by atoms with Gasteiger partial charge < -0.3 is 10.1 Å². The van der Waals surface area contributed by atoms with Crippen LogP contribution in [0, 0.1) is 5.82 Å². The van der Waals surface area contributed by atoms with E-state index in [9.17, 15) is 4.39 Å². The van der Waals surface area contributed by atoms with Crippen molar-refractivity contribution in [3.05, 3.63) is 59.7 Å². The number of nitrogens with zero attached hydrogens (tertiary/aromatic N) is 1. The largest absolute Gasteiger partial charge is 0.489 e. The fraction of sp³-hybridized carbons (Fsp3) is 0.267. The summed E-state index contributed by atoms with van der Waals surface area (Å²) in [5.74, 6) is 0.423. The summed E-state index contributed by atoms with van der Waals surface area (Å²) in [5.41, 5.74) is 1.93. The van der Waals surface area contributed by atoms with Gasteiger partial charge in [-0.3, -0.25) is 4.98 Å². The van der Waals surface area contributed by atoms with E-state index >= 15 is 0 Å². The number of benzene rings is 1. The zero-order valence-electron chi connectivity index (χ0n) is 10.9. The molecule has 1 N–H and O–H groups in total. The van der Waals surface area contributed by atoms with Crippen LogP contribution in [0.3, 0.4) is 0 Å². The second kappa shape index (κ2) is 6.85. The number of pyridine rings is 1. The molecule has 0 aliphatic heterocycles. The van der Waals surface area contributed by atoms with Crippen molar-refractivity contribution >= 4 is 0 Å². The summed E-state index contributed by atoms with van der Waals surface area (Å²) in [6, 6.07) is 9.29. The standard InChI is InChI=1S/C15H17FN2O/c1-2-17-8-12-3-5-15(6-4-12)19-11-13-7-14(16)10-18-9-13/h3-7,9-10,17H,2,8,11H2,1H3. The molecule has 1 aromatic heterocycles. The number of aromatic nitrogens is 1. The molecule has 0 atom stereocenters. The number of nitrogens with one attached hydrogen (secondary N) is 1. The van der Waals surface area contributed by atoms with Crippen molar-refractivity contribution in [1.29, 1.82) is 0 Å². The Labute approximate surface area is 112 Å². The van der Waals surface area contributed by atoms with Crippen LogP contribution >= 0.6 is 0 Å². The number of ether oxygens (including phenoxy) is 1. The first-order valence-corrected chi connectivity index (χ1v) is 6.30. The number of rotatable bonds is 6. The van der Waals surface area contributed by atoms with Crippen molar-refractivity contribution in [3.8, 4) is 5.75 Å². The van der Waals surface area contributed by atoms with Gasteiger partial charge in [0.2, 0.25) is 0 Å². The van der Waals surface area contributed by atoms with E-state index in [0.717, 1.165) is 24.4 Å². The van der Waals surface area contributed by atoms with E-state index in [0.29, 0.717) is 6.61 Å². The third kappa shape index (κ3) is 4.34. The van der Waals surface area contributed by atoms with Crippen LogP contribution in [0.25, 0.3) is 0 Å². The summed E-state index contributed by atoms with van der Waals surface area (Å²) >= 11 is 0. The van der Waals surface area contributed by atoms with Crippen molar-refractivity contribution in [2.45, 2.75) is 20.1 Å². The summed E-state index contributed by atoms with van der Waals surface area (Å²) < 4.78 is 18.5. The Hall–Kier alpha value is -1.94. The first kappa shape index (κ1) is 13.5. The van der Waals surface area contributed by atoms with Crippen LogP contribution in [-0.2, 0) is 13.2 Å². The fourth-order valence-electron chi connectivity index (χ4n) is 1.67. The molecule has 0 fully saturated rings. The highest BCUT2D eigenvalue weighted by Gasteiger charge is 1.99. The molecule has 2 rings (SSSR count). The second-order valence-electron chi connectivity index (χ2n) is 4.22. The van der Waals surface area contributed by atoms with Crippen molar-refractivity contribution in [3.63, 3.8) is 0 Å². The van der Waals surface area contributed by atoms with E-state index in [1.165, 1.54) is 17.8 Å². The molecule has 0 aliphatic carbocycles. The molecule has 2 aromatic rings. The predicted molar refractivity (Wildman–Crippen MR) is 72.3 cm³/mol. The van der Waals surface area contributed by atoms with Crippen LogP contribution < -0.4 is 10.1 Å². The van der Waals surface area contributed by atoms with Crippen LogP contribution in [0.4, 0.5) is 4.39 Å². The van der Waals surface area contributed by atoms with E-state index in [1.807, 2.05) is 24.3 Å². The van der Waals surface area contributed by atoms with Crippen LogP contribution in [0.5, 0.6) is 5.75 Å². The van der Waals surface area contributed by atoms with Gasteiger partial charge in [-0.2, -0.15) is 0 Å².